The summed E-state index contributed by atoms with van der Waals surface area (Å²) in [7, 11) is -0.750. The van der Waals surface area contributed by atoms with Gasteiger partial charge in [0.15, 0.2) is 0 Å². The van der Waals surface area contributed by atoms with E-state index in [9.17, 15) is 13.2 Å². The van der Waals surface area contributed by atoms with E-state index in [1.54, 1.807) is 0 Å². The van der Waals surface area contributed by atoms with Gasteiger partial charge in [0, 0.05) is 11.6 Å². The number of pyridine rings is 1. The maximum Gasteiger partial charge on any atom is 1.00 e. The molecule has 1 aromatic heterocycles. The number of carbonyl (C=O) groups is 1. The fraction of sp³-hybridized carbons (Fsp3) is 0.0909. The molecule has 21 heavy (non-hydrogen) atoms. The third kappa shape index (κ3) is 10.8. The van der Waals surface area contributed by atoms with E-state index in [1.165, 1.54) is 5.39 Å². The fourth-order valence-corrected chi connectivity index (χ4v) is 1.02. The number of benzene rings is 1. The Bertz CT molecular complexity index is 477. The second kappa shape index (κ2) is 12.1. The van der Waals surface area contributed by atoms with Gasteiger partial charge >= 0.3 is 65.2 Å². The van der Waals surface area contributed by atoms with E-state index in [1.807, 2.05) is 30.5 Å². The van der Waals surface area contributed by atoms with Gasteiger partial charge in [-0.2, -0.15) is 13.2 Å². The molecular formula is C11H10BF3KNO4. The van der Waals surface area contributed by atoms with Crippen molar-refractivity contribution < 1.29 is 84.5 Å². The van der Waals surface area contributed by atoms with Crippen LogP contribution in [-0.4, -0.2) is 34.9 Å². The van der Waals surface area contributed by atoms with Gasteiger partial charge in [-0.15, -0.1) is 0 Å². The van der Waals surface area contributed by atoms with Gasteiger partial charge in [-0.3, -0.25) is 4.98 Å². The summed E-state index contributed by atoms with van der Waals surface area (Å²) in [5.74, 6) is -3.01. The maximum absolute atomic E-state index is 10.5. The molecule has 0 bridgehead atoms. The van der Waals surface area contributed by atoms with Crippen molar-refractivity contribution in [3.63, 3.8) is 0 Å². The van der Waals surface area contributed by atoms with Crippen molar-refractivity contribution in [1.82, 2.24) is 4.98 Å². The Morgan fingerprint density at radius 3 is 2.00 bits per heavy atom. The van der Waals surface area contributed by atoms with Gasteiger partial charge in [0.25, 0.3) is 0 Å². The average molecular weight is 327 g/mol. The molecule has 0 aliphatic carbocycles. The number of aromatic nitrogens is 1. The minimum Gasteiger partial charge on any atom is -0.542 e. The van der Waals surface area contributed by atoms with Crippen LogP contribution in [0.15, 0.2) is 42.6 Å². The van der Waals surface area contributed by atoms with E-state index in [2.05, 4.69) is 17.1 Å². The molecule has 0 spiro atoms. The van der Waals surface area contributed by atoms with Crippen LogP contribution in [0.5, 0.6) is 0 Å². The van der Waals surface area contributed by atoms with Crippen molar-refractivity contribution in [2.45, 2.75) is 6.18 Å². The number of nitrogens with zero attached hydrogens (tertiary/aromatic N) is 1. The number of rotatable bonds is 0. The zero-order valence-corrected chi connectivity index (χ0v) is 14.2. The Labute approximate surface area is 161 Å². The first kappa shape index (κ1) is 22.8. The summed E-state index contributed by atoms with van der Waals surface area (Å²) in [6.07, 6.45) is -3.39. The summed E-state index contributed by atoms with van der Waals surface area (Å²) in [5.41, 5.74) is 1.06. The molecular weight excluding hydrogens is 317 g/mol. The molecule has 0 fully saturated rings. The van der Waals surface area contributed by atoms with E-state index in [-0.39, 0.29) is 51.4 Å². The second-order valence-corrected chi connectivity index (χ2v) is 3.12. The number of aliphatic carboxylic acids is 1. The zero-order valence-electron chi connectivity index (χ0n) is 11.0. The Kier molecular flexibility index (Phi) is 13.1. The number of halogens is 3. The van der Waals surface area contributed by atoms with E-state index in [4.69, 9.17) is 19.9 Å². The van der Waals surface area contributed by atoms with E-state index >= 15 is 0 Å². The standard InChI is InChI=1S/C9H7N.C2HF3O2.BH3O2.K/c1-2-6-9-8(4-1)5-3-7-10-9;3-2(4,5)1(6)7;2-1-3;/h1-7H;(H,6,7);1-3H;/q;;;+1/p-1. The van der Waals surface area contributed by atoms with Gasteiger partial charge < -0.3 is 19.9 Å². The van der Waals surface area contributed by atoms with Crippen LogP contribution in [0.1, 0.15) is 0 Å². The number of carboxylic acid groups (broad SMARTS) is 1. The van der Waals surface area contributed by atoms with Gasteiger partial charge in [0.05, 0.1) is 5.52 Å². The topological polar surface area (TPSA) is 93.5 Å². The fourth-order valence-electron chi connectivity index (χ4n) is 1.02. The summed E-state index contributed by atoms with van der Waals surface area (Å²) in [6.45, 7) is 0. The SMILES string of the molecule is O=C([O-])C(F)(F)F.OBO.[K+].c1ccc2ncccc2c1. The number of para-hydroxylation sites is 1. The summed E-state index contributed by atoms with van der Waals surface area (Å²) in [6, 6.07) is 12.1. The number of hydrogen-bond donors (Lipinski definition) is 2. The molecule has 108 valence electrons. The van der Waals surface area contributed by atoms with Crippen molar-refractivity contribution in [3.8, 4) is 0 Å². The van der Waals surface area contributed by atoms with Crippen LogP contribution in [0.3, 0.4) is 0 Å². The number of hydrogen-bond acceptors (Lipinski definition) is 5. The van der Waals surface area contributed by atoms with Gasteiger partial charge in [-0.05, 0) is 12.1 Å². The smallest absolute Gasteiger partial charge is 0.542 e. The third-order valence-electron chi connectivity index (χ3n) is 1.74. The summed E-state index contributed by atoms with van der Waals surface area (Å²) < 4.78 is 31.5. The second-order valence-electron chi connectivity index (χ2n) is 3.12. The van der Waals surface area contributed by atoms with Crippen LogP contribution >= 0.6 is 0 Å². The van der Waals surface area contributed by atoms with Crippen LogP contribution in [-0.2, 0) is 4.79 Å². The number of alkyl halides is 3. The Morgan fingerprint density at radius 2 is 1.57 bits per heavy atom. The van der Waals surface area contributed by atoms with Crippen molar-refractivity contribution in [2.24, 2.45) is 0 Å². The van der Waals surface area contributed by atoms with Crippen LogP contribution in [0.2, 0.25) is 0 Å². The summed E-state index contributed by atoms with van der Waals surface area (Å²) in [5, 5.41) is 24.2. The van der Waals surface area contributed by atoms with Crippen LogP contribution < -0.4 is 56.5 Å². The zero-order chi connectivity index (χ0) is 15.6. The van der Waals surface area contributed by atoms with Crippen LogP contribution in [0.4, 0.5) is 13.2 Å². The van der Waals surface area contributed by atoms with Gasteiger partial charge in [-0.25, -0.2) is 0 Å². The quantitative estimate of drug-likeness (QED) is 0.497. The summed E-state index contributed by atoms with van der Waals surface area (Å²) in [4.78, 5) is 13.0. The number of carbonyl (C=O) groups excluding carboxylic acids is 1. The molecule has 0 atom stereocenters. The Balaban J connectivity index is 0. The molecule has 2 aromatic rings. The molecule has 5 nitrogen and oxygen atoms in total. The monoisotopic (exact) mass is 327 g/mol. The normalized spacial score (nSPS) is 9.19. The van der Waals surface area contributed by atoms with Crippen molar-refractivity contribution in [2.75, 3.05) is 0 Å². The Morgan fingerprint density at radius 1 is 1.14 bits per heavy atom. The van der Waals surface area contributed by atoms with Gasteiger partial charge in [-0.1, -0.05) is 24.3 Å². The third-order valence-corrected chi connectivity index (χ3v) is 1.74. The molecule has 0 saturated heterocycles. The molecule has 2 N–H and O–H groups in total. The predicted molar refractivity (Wildman–Crippen MR) is 64.4 cm³/mol. The molecule has 0 unspecified atom stereocenters. The molecule has 0 amide bonds. The molecule has 0 saturated carbocycles. The maximum atomic E-state index is 10.5. The molecule has 0 radical (unpaired) electrons. The van der Waals surface area contributed by atoms with Crippen molar-refractivity contribution >= 4 is 24.6 Å². The molecule has 1 aromatic carbocycles. The van der Waals surface area contributed by atoms with Crippen LogP contribution in [0, 0.1) is 0 Å². The molecule has 2 rings (SSSR count). The first-order valence-electron chi connectivity index (χ1n) is 5.12. The van der Waals surface area contributed by atoms with Crippen LogP contribution in [0.25, 0.3) is 10.9 Å². The van der Waals surface area contributed by atoms with Gasteiger partial charge in [0.1, 0.15) is 5.97 Å². The predicted octanol–water partition coefficient (Wildman–Crippen LogP) is -3.23. The molecule has 10 heteroatoms. The Hall–Kier alpha value is -0.489. The van der Waals surface area contributed by atoms with E-state index in [0.29, 0.717) is 0 Å². The first-order chi connectivity index (χ1) is 9.32. The first-order valence-corrected chi connectivity index (χ1v) is 5.12. The number of carboxylic acids is 1. The van der Waals surface area contributed by atoms with Gasteiger partial charge in [0.2, 0.25) is 0 Å². The molecule has 1 heterocycles. The van der Waals surface area contributed by atoms with E-state index < -0.39 is 19.8 Å². The van der Waals surface area contributed by atoms with E-state index in [0.717, 1.165) is 5.52 Å². The van der Waals surface area contributed by atoms with Crippen molar-refractivity contribution in [1.29, 1.82) is 0 Å². The minimum atomic E-state index is -5.19. The summed E-state index contributed by atoms with van der Waals surface area (Å²) >= 11 is 0. The largest absolute Gasteiger partial charge is 1.00 e. The minimum absolute atomic E-state index is 0. The molecule has 0 aliphatic heterocycles. The molecule has 0 aliphatic rings. The van der Waals surface area contributed by atoms with Crippen molar-refractivity contribution in [3.05, 3.63) is 42.6 Å². The number of fused-ring (bicyclic) bond motifs is 1. The average Bonchev–Trinajstić information content (AvgIpc) is 2.39.